The molecule has 0 radical (unpaired) electrons. The number of benzene rings is 4. The Balaban J connectivity index is 0.000000188. The summed E-state index contributed by atoms with van der Waals surface area (Å²) in [5.41, 5.74) is 11.5. The second kappa shape index (κ2) is 14.1. The maximum absolute atomic E-state index is 2.40. The molecule has 6 rings (SSSR count). The second-order valence-corrected chi connectivity index (χ2v) is 10.9. The topological polar surface area (TPSA) is 0 Å². The predicted molar refractivity (Wildman–Crippen MR) is 175 cm³/mol. The van der Waals surface area contributed by atoms with Crippen molar-refractivity contribution in [2.45, 2.75) is 80.6 Å². The van der Waals surface area contributed by atoms with E-state index in [4.69, 9.17) is 0 Å². The van der Waals surface area contributed by atoms with Gasteiger partial charge < -0.3 is 0 Å². The molecular formula is C39H48. The van der Waals surface area contributed by atoms with Crippen molar-refractivity contribution in [2.75, 3.05) is 0 Å². The van der Waals surface area contributed by atoms with Crippen molar-refractivity contribution in [3.8, 4) is 0 Å². The van der Waals surface area contributed by atoms with Gasteiger partial charge in [0, 0.05) is 11.8 Å². The van der Waals surface area contributed by atoms with Crippen LogP contribution in [0.4, 0.5) is 0 Å². The molecule has 39 heavy (non-hydrogen) atoms. The van der Waals surface area contributed by atoms with E-state index < -0.39 is 0 Å². The highest BCUT2D eigenvalue weighted by atomic mass is 14.3. The van der Waals surface area contributed by atoms with Crippen LogP contribution in [-0.4, -0.2) is 0 Å². The SMILES string of the molecule is CC.CC1=C(C)C(C)c2ccccc21.CC1C=C(c2ccccc2)c2c1ccc1ccccc21.CCC(C)C. The lowest BCUT2D eigenvalue weighted by Gasteiger charge is -2.11. The molecule has 0 saturated heterocycles. The van der Waals surface area contributed by atoms with Crippen molar-refractivity contribution in [3.05, 3.63) is 130 Å². The van der Waals surface area contributed by atoms with Crippen molar-refractivity contribution >= 4 is 21.9 Å². The summed E-state index contributed by atoms with van der Waals surface area (Å²) in [7, 11) is 0. The summed E-state index contributed by atoms with van der Waals surface area (Å²) in [5.74, 6) is 2.00. The molecule has 0 heteroatoms. The zero-order valence-electron chi connectivity index (χ0n) is 25.7. The molecule has 4 aromatic carbocycles. The van der Waals surface area contributed by atoms with Crippen molar-refractivity contribution < 1.29 is 0 Å². The summed E-state index contributed by atoms with van der Waals surface area (Å²) in [6.45, 7) is 19.7. The van der Waals surface area contributed by atoms with Gasteiger partial charge in [-0.05, 0) is 69.5 Å². The largest absolute Gasteiger partial charge is 0.0688 e. The first kappa shape index (κ1) is 30.2. The quantitative estimate of drug-likeness (QED) is 0.248. The highest BCUT2D eigenvalue weighted by Gasteiger charge is 2.23. The van der Waals surface area contributed by atoms with Gasteiger partial charge in [0.2, 0.25) is 0 Å². The summed E-state index contributed by atoms with van der Waals surface area (Å²) < 4.78 is 0. The Hall–Kier alpha value is -3.38. The smallest absolute Gasteiger partial charge is 0.00290 e. The van der Waals surface area contributed by atoms with E-state index in [9.17, 15) is 0 Å². The van der Waals surface area contributed by atoms with E-state index in [-0.39, 0.29) is 0 Å². The second-order valence-electron chi connectivity index (χ2n) is 10.9. The maximum Gasteiger partial charge on any atom is 0.00290 e. The van der Waals surface area contributed by atoms with E-state index in [2.05, 4.69) is 146 Å². The molecule has 0 saturated carbocycles. The molecule has 0 aromatic heterocycles. The Morgan fingerprint density at radius 3 is 1.92 bits per heavy atom. The van der Waals surface area contributed by atoms with Crippen LogP contribution in [0.3, 0.4) is 0 Å². The van der Waals surface area contributed by atoms with E-state index in [0.29, 0.717) is 11.8 Å². The molecule has 0 spiro atoms. The molecule has 0 bridgehead atoms. The zero-order valence-corrected chi connectivity index (χ0v) is 25.7. The molecule has 2 aliphatic rings. The fraction of sp³-hybridized carbons (Fsp3) is 0.333. The van der Waals surface area contributed by atoms with E-state index in [1.54, 1.807) is 0 Å². The lowest BCUT2D eigenvalue weighted by atomic mass is 9.92. The summed E-state index contributed by atoms with van der Waals surface area (Å²) in [6.07, 6.45) is 3.70. The van der Waals surface area contributed by atoms with E-state index in [1.807, 2.05) is 13.8 Å². The maximum atomic E-state index is 2.40. The van der Waals surface area contributed by atoms with Crippen LogP contribution in [0, 0.1) is 5.92 Å². The molecule has 204 valence electrons. The number of rotatable bonds is 2. The van der Waals surface area contributed by atoms with Gasteiger partial charge in [-0.3, -0.25) is 0 Å². The van der Waals surface area contributed by atoms with Crippen LogP contribution in [0.15, 0.2) is 103 Å². The standard InChI is InChI=1S/C20H16.C12H14.C5H12.C2H6/c1-14-13-19(15-7-3-2-4-8-15)20-17(14)12-11-16-9-5-6-10-18(16)20;1-8-9(2)11-6-4-5-7-12(11)10(8)3;1-4-5(2)3;1-2/h2-14H,1H3;4-7,9H,1-3H3;5H,4H2,1-3H3;1-2H3. The van der Waals surface area contributed by atoms with E-state index in [0.717, 1.165) is 5.92 Å². The fourth-order valence-corrected chi connectivity index (χ4v) is 5.24. The molecular weight excluding hydrogens is 468 g/mol. The van der Waals surface area contributed by atoms with Gasteiger partial charge in [0.1, 0.15) is 0 Å². The highest BCUT2D eigenvalue weighted by Crippen LogP contribution is 2.43. The van der Waals surface area contributed by atoms with Gasteiger partial charge in [-0.15, -0.1) is 0 Å². The first-order valence-corrected chi connectivity index (χ1v) is 14.9. The van der Waals surface area contributed by atoms with Crippen LogP contribution >= 0.6 is 0 Å². The van der Waals surface area contributed by atoms with Crippen molar-refractivity contribution in [2.24, 2.45) is 5.92 Å². The molecule has 0 fully saturated rings. The van der Waals surface area contributed by atoms with Crippen LogP contribution in [0.1, 0.15) is 108 Å². The van der Waals surface area contributed by atoms with Gasteiger partial charge in [0.05, 0.1) is 0 Å². The van der Waals surface area contributed by atoms with Crippen LogP contribution < -0.4 is 0 Å². The average Bonchev–Trinajstić information content (AvgIpc) is 3.44. The molecule has 0 N–H and O–H groups in total. The minimum absolute atomic E-state index is 0.491. The fourth-order valence-electron chi connectivity index (χ4n) is 5.24. The Bertz CT molecular complexity index is 1420. The zero-order chi connectivity index (χ0) is 28.5. The van der Waals surface area contributed by atoms with E-state index in [1.165, 1.54) is 61.7 Å². The lowest BCUT2D eigenvalue weighted by Crippen LogP contribution is -1.90. The minimum atomic E-state index is 0.491. The van der Waals surface area contributed by atoms with Gasteiger partial charge in [-0.2, -0.15) is 0 Å². The average molecular weight is 517 g/mol. The molecule has 0 aliphatic heterocycles. The first-order valence-electron chi connectivity index (χ1n) is 14.9. The number of hydrogen-bond donors (Lipinski definition) is 0. The van der Waals surface area contributed by atoms with Crippen LogP contribution in [0.5, 0.6) is 0 Å². The van der Waals surface area contributed by atoms with Crippen molar-refractivity contribution in [1.82, 2.24) is 0 Å². The molecule has 2 atom stereocenters. The molecule has 2 aliphatic carbocycles. The van der Waals surface area contributed by atoms with E-state index >= 15 is 0 Å². The molecule has 2 unspecified atom stereocenters. The number of hydrogen-bond acceptors (Lipinski definition) is 0. The van der Waals surface area contributed by atoms with Crippen molar-refractivity contribution in [1.29, 1.82) is 0 Å². The van der Waals surface area contributed by atoms with Crippen LogP contribution in [0.2, 0.25) is 0 Å². The van der Waals surface area contributed by atoms with Crippen LogP contribution in [-0.2, 0) is 0 Å². The highest BCUT2D eigenvalue weighted by molar-refractivity contribution is 6.01. The number of fused-ring (bicyclic) bond motifs is 4. The van der Waals surface area contributed by atoms with Crippen molar-refractivity contribution in [3.63, 3.8) is 0 Å². The third kappa shape index (κ3) is 6.80. The van der Waals surface area contributed by atoms with Gasteiger partial charge >= 0.3 is 0 Å². The van der Waals surface area contributed by atoms with Gasteiger partial charge in [-0.25, -0.2) is 0 Å². The third-order valence-electron chi connectivity index (χ3n) is 8.11. The minimum Gasteiger partial charge on any atom is -0.0688 e. The Labute approximate surface area is 238 Å². The normalized spacial score (nSPS) is 16.7. The molecule has 4 aromatic rings. The van der Waals surface area contributed by atoms with Gasteiger partial charge in [-0.1, -0.05) is 158 Å². The molecule has 0 heterocycles. The Kier molecular flexibility index (Phi) is 10.9. The molecule has 0 nitrogen and oxygen atoms in total. The number of allylic oxidation sites excluding steroid dienone is 3. The van der Waals surface area contributed by atoms with Crippen LogP contribution in [0.25, 0.3) is 21.9 Å². The van der Waals surface area contributed by atoms with Gasteiger partial charge in [0.25, 0.3) is 0 Å². The molecule has 0 amide bonds. The third-order valence-corrected chi connectivity index (χ3v) is 8.11. The summed E-state index contributed by atoms with van der Waals surface area (Å²) in [5, 5.41) is 2.69. The lowest BCUT2D eigenvalue weighted by molar-refractivity contribution is 0.626. The predicted octanol–water partition coefficient (Wildman–Crippen LogP) is 12.1. The summed E-state index contributed by atoms with van der Waals surface area (Å²) in [6, 6.07) is 32.6. The summed E-state index contributed by atoms with van der Waals surface area (Å²) in [4.78, 5) is 0. The summed E-state index contributed by atoms with van der Waals surface area (Å²) >= 11 is 0. The van der Waals surface area contributed by atoms with Gasteiger partial charge in [0.15, 0.2) is 0 Å². The monoisotopic (exact) mass is 516 g/mol. The Morgan fingerprint density at radius 1 is 0.692 bits per heavy atom. The Morgan fingerprint density at radius 2 is 1.28 bits per heavy atom. The first-order chi connectivity index (χ1) is 18.8.